The van der Waals surface area contributed by atoms with Crippen molar-refractivity contribution in [2.24, 2.45) is 13.0 Å². The van der Waals surface area contributed by atoms with Crippen molar-refractivity contribution >= 4 is 0 Å². The van der Waals surface area contributed by atoms with Crippen molar-refractivity contribution in [2.75, 3.05) is 26.3 Å². The van der Waals surface area contributed by atoms with Crippen molar-refractivity contribution in [3.63, 3.8) is 0 Å². The summed E-state index contributed by atoms with van der Waals surface area (Å²) in [7, 11) is 1.91. The molecular weight excluding hydrogens is 414 g/mol. The van der Waals surface area contributed by atoms with Crippen LogP contribution >= 0.6 is 0 Å². The Hall–Kier alpha value is -2.67. The highest BCUT2D eigenvalue weighted by atomic mass is 16.5. The third-order valence-corrected chi connectivity index (χ3v) is 5.36. The number of hydrogen-bond acceptors (Lipinski definition) is 5. The lowest BCUT2D eigenvalue weighted by Crippen LogP contribution is -2.37. The van der Waals surface area contributed by atoms with Crippen LogP contribution in [0.15, 0.2) is 54.6 Å². The van der Waals surface area contributed by atoms with Gasteiger partial charge < -0.3 is 14.6 Å². The Bertz CT molecular complexity index is 984. The van der Waals surface area contributed by atoms with Gasteiger partial charge in [0.25, 0.3) is 0 Å². The van der Waals surface area contributed by atoms with E-state index >= 15 is 0 Å². The lowest BCUT2D eigenvalue weighted by Gasteiger charge is -2.27. The van der Waals surface area contributed by atoms with Gasteiger partial charge in [-0.3, -0.25) is 4.90 Å². The van der Waals surface area contributed by atoms with Crippen LogP contribution < -0.4 is 4.74 Å². The number of rotatable bonds is 12. The summed E-state index contributed by atoms with van der Waals surface area (Å²) in [6, 6.07) is 18.2. The molecule has 0 aliphatic heterocycles. The molecule has 0 saturated carbocycles. The van der Waals surface area contributed by atoms with E-state index in [1.807, 2.05) is 61.1 Å². The highest BCUT2D eigenvalue weighted by molar-refractivity contribution is 5.65. The van der Waals surface area contributed by atoms with Crippen LogP contribution in [-0.4, -0.2) is 52.2 Å². The number of nitrogens with zero attached hydrogens (tertiary/aromatic N) is 3. The fraction of sp³-hybridized carbons (Fsp3) is 0.444. The van der Waals surface area contributed by atoms with Crippen molar-refractivity contribution < 1.29 is 14.6 Å². The molecule has 1 heterocycles. The molecule has 0 fully saturated rings. The largest absolute Gasteiger partial charge is 0.439 e. The lowest BCUT2D eigenvalue weighted by atomic mass is 10.1. The van der Waals surface area contributed by atoms with Gasteiger partial charge in [-0.05, 0) is 31.9 Å². The van der Waals surface area contributed by atoms with Crippen molar-refractivity contribution in [3.8, 4) is 22.9 Å². The summed E-state index contributed by atoms with van der Waals surface area (Å²) >= 11 is 0. The third kappa shape index (κ3) is 7.16. The van der Waals surface area contributed by atoms with E-state index in [1.165, 1.54) is 5.56 Å². The highest BCUT2D eigenvalue weighted by Gasteiger charge is 2.24. The summed E-state index contributed by atoms with van der Waals surface area (Å²) in [6.45, 7) is 11.3. The Morgan fingerprint density at radius 2 is 1.73 bits per heavy atom. The average molecular weight is 452 g/mol. The summed E-state index contributed by atoms with van der Waals surface area (Å²) in [5, 5.41) is 15.4. The molecule has 3 aromatic rings. The molecule has 2 aromatic carbocycles. The van der Waals surface area contributed by atoms with Crippen LogP contribution in [-0.2, 0) is 18.3 Å². The number of aliphatic hydroxyl groups is 1. The van der Waals surface area contributed by atoms with Gasteiger partial charge in [-0.25, -0.2) is 4.68 Å². The second-order valence-electron chi connectivity index (χ2n) is 8.94. The molecule has 1 N–H and O–H groups in total. The van der Waals surface area contributed by atoms with E-state index in [2.05, 4.69) is 37.8 Å². The van der Waals surface area contributed by atoms with Gasteiger partial charge in [0.1, 0.15) is 11.4 Å². The van der Waals surface area contributed by atoms with Crippen LogP contribution in [0.3, 0.4) is 0 Å². The predicted molar refractivity (Wildman–Crippen MR) is 133 cm³/mol. The Balaban J connectivity index is 1.97. The first-order chi connectivity index (χ1) is 15.9. The first kappa shape index (κ1) is 25.0. The summed E-state index contributed by atoms with van der Waals surface area (Å²) in [6.07, 6.45) is -0.554. The van der Waals surface area contributed by atoms with Gasteiger partial charge in [0.05, 0.1) is 18.3 Å². The van der Waals surface area contributed by atoms with E-state index in [9.17, 15) is 5.11 Å². The Morgan fingerprint density at radius 3 is 2.36 bits per heavy atom. The number of aromatic nitrogens is 2. The van der Waals surface area contributed by atoms with E-state index in [4.69, 9.17) is 14.6 Å². The molecule has 0 aliphatic rings. The van der Waals surface area contributed by atoms with E-state index in [1.54, 1.807) is 0 Å². The molecule has 6 nitrogen and oxygen atoms in total. The Morgan fingerprint density at radius 1 is 1.03 bits per heavy atom. The molecule has 1 aromatic heterocycles. The monoisotopic (exact) mass is 451 g/mol. The summed E-state index contributed by atoms with van der Waals surface area (Å²) < 4.78 is 13.6. The molecule has 33 heavy (non-hydrogen) atoms. The van der Waals surface area contributed by atoms with Gasteiger partial charge in [-0.1, -0.05) is 61.9 Å². The molecule has 178 valence electrons. The van der Waals surface area contributed by atoms with Gasteiger partial charge in [-0.15, -0.1) is 0 Å². The van der Waals surface area contributed by atoms with Crippen LogP contribution in [0.2, 0.25) is 0 Å². The lowest BCUT2D eigenvalue weighted by molar-refractivity contribution is 0.0174. The zero-order valence-corrected chi connectivity index (χ0v) is 20.5. The van der Waals surface area contributed by atoms with Gasteiger partial charge in [0.15, 0.2) is 0 Å². The molecule has 0 radical (unpaired) electrons. The first-order valence-corrected chi connectivity index (χ1v) is 11.7. The van der Waals surface area contributed by atoms with E-state index in [0.717, 1.165) is 29.1 Å². The minimum absolute atomic E-state index is 0.330. The molecule has 6 heteroatoms. The molecule has 3 rings (SSSR count). The molecule has 0 saturated heterocycles. The summed E-state index contributed by atoms with van der Waals surface area (Å²) in [5.74, 6) is 1.93. The van der Waals surface area contributed by atoms with Gasteiger partial charge >= 0.3 is 0 Å². The zero-order valence-electron chi connectivity index (χ0n) is 20.5. The van der Waals surface area contributed by atoms with Crippen LogP contribution in [0.25, 0.3) is 11.3 Å². The standard InChI is InChI=1S/C27H37N3O3/c1-6-32-19-23(31)17-30(16-20(2)3)18-25-26(22-10-8-7-9-11-22)28-29(5)27(25)33-24-14-12-21(4)13-15-24/h7-15,20,23,31H,6,16-19H2,1-5H3. The quantitative estimate of drug-likeness (QED) is 0.418. The maximum Gasteiger partial charge on any atom is 0.222 e. The number of hydrogen-bond donors (Lipinski definition) is 1. The normalized spacial score (nSPS) is 12.5. The van der Waals surface area contributed by atoms with Crippen LogP contribution in [0.5, 0.6) is 11.6 Å². The van der Waals surface area contributed by atoms with Crippen LogP contribution in [0.4, 0.5) is 0 Å². The number of benzene rings is 2. The highest BCUT2D eigenvalue weighted by Crippen LogP contribution is 2.34. The maximum absolute atomic E-state index is 10.5. The third-order valence-electron chi connectivity index (χ3n) is 5.36. The SMILES string of the molecule is CCOCC(O)CN(Cc1c(-c2ccccc2)nn(C)c1Oc1ccc(C)cc1)CC(C)C. The number of ether oxygens (including phenoxy) is 2. The van der Waals surface area contributed by atoms with Crippen molar-refractivity contribution in [1.29, 1.82) is 0 Å². The number of aryl methyl sites for hydroxylation is 2. The second kappa shape index (κ2) is 12.0. The van der Waals surface area contributed by atoms with Gasteiger partial charge in [-0.2, -0.15) is 5.10 Å². The molecule has 0 aliphatic carbocycles. The van der Waals surface area contributed by atoms with Gasteiger partial charge in [0, 0.05) is 38.9 Å². The fourth-order valence-electron chi connectivity index (χ4n) is 3.92. The Kier molecular flexibility index (Phi) is 9.06. The summed E-state index contributed by atoms with van der Waals surface area (Å²) in [4.78, 5) is 2.26. The molecule has 1 unspecified atom stereocenters. The Labute approximate surface area is 197 Å². The molecule has 0 amide bonds. The van der Waals surface area contributed by atoms with Crippen molar-refractivity contribution in [1.82, 2.24) is 14.7 Å². The smallest absolute Gasteiger partial charge is 0.222 e. The van der Waals surface area contributed by atoms with E-state index in [-0.39, 0.29) is 0 Å². The molecule has 0 bridgehead atoms. The maximum atomic E-state index is 10.5. The van der Waals surface area contributed by atoms with Crippen molar-refractivity contribution in [2.45, 2.75) is 40.3 Å². The molecule has 0 spiro atoms. The minimum atomic E-state index is -0.554. The summed E-state index contributed by atoms with van der Waals surface area (Å²) in [5.41, 5.74) is 4.13. The van der Waals surface area contributed by atoms with E-state index in [0.29, 0.717) is 38.1 Å². The van der Waals surface area contributed by atoms with Gasteiger partial charge in [0.2, 0.25) is 5.88 Å². The second-order valence-corrected chi connectivity index (χ2v) is 8.94. The molecular formula is C27H37N3O3. The minimum Gasteiger partial charge on any atom is -0.439 e. The van der Waals surface area contributed by atoms with E-state index < -0.39 is 6.10 Å². The van der Waals surface area contributed by atoms with Crippen LogP contribution in [0.1, 0.15) is 31.9 Å². The first-order valence-electron chi connectivity index (χ1n) is 11.7. The fourth-order valence-corrected chi connectivity index (χ4v) is 3.92. The predicted octanol–water partition coefficient (Wildman–Crippen LogP) is 5.04. The van der Waals surface area contributed by atoms with Crippen molar-refractivity contribution in [3.05, 3.63) is 65.7 Å². The van der Waals surface area contributed by atoms with Crippen LogP contribution in [0, 0.1) is 12.8 Å². The molecule has 1 atom stereocenters. The zero-order chi connectivity index (χ0) is 23.8. The average Bonchev–Trinajstić information content (AvgIpc) is 3.09. The topological polar surface area (TPSA) is 59.8 Å². The number of aliphatic hydroxyl groups excluding tert-OH is 1.